The predicted octanol–water partition coefficient (Wildman–Crippen LogP) is 2.78. The molecule has 22 heavy (non-hydrogen) atoms. The molecule has 1 amide bonds. The summed E-state index contributed by atoms with van der Waals surface area (Å²) in [6.45, 7) is 3.67. The van der Waals surface area contributed by atoms with Crippen LogP contribution in [0.25, 0.3) is 5.69 Å². The molecular weight excluding hydrogens is 299 g/mol. The normalized spacial score (nSPS) is 10.6. The number of aromatic nitrogens is 2. The molecule has 120 valence electrons. The zero-order valence-corrected chi connectivity index (χ0v) is 12.1. The van der Waals surface area contributed by atoms with E-state index in [4.69, 9.17) is 0 Å². The molecule has 5 nitrogen and oxygen atoms in total. The number of carbonyl (C=O) groups excluding carboxylic acids is 1. The maximum atomic E-state index is 12.0. The fourth-order valence-electron chi connectivity index (χ4n) is 1.57. The van der Waals surface area contributed by atoms with Gasteiger partial charge >= 0.3 is 12.1 Å². The molecule has 0 aliphatic rings. The molecule has 2 N–H and O–H groups in total. The maximum absolute atomic E-state index is 12.0. The molecule has 0 spiro atoms. The summed E-state index contributed by atoms with van der Waals surface area (Å²) in [7, 11) is 0. The molecule has 0 bridgehead atoms. The minimum Gasteiger partial charge on any atom is -0.506 e. The van der Waals surface area contributed by atoms with Gasteiger partial charge in [0.05, 0.1) is 0 Å². The van der Waals surface area contributed by atoms with E-state index >= 15 is 0 Å². The number of amides is 1. The number of hydrogen-bond acceptors (Lipinski definition) is 3. The van der Waals surface area contributed by atoms with Gasteiger partial charge in [-0.3, -0.25) is 4.79 Å². The Morgan fingerprint density at radius 1 is 1.36 bits per heavy atom. The molecule has 0 atom stereocenters. The number of nitrogens with one attached hydrogen (secondary N) is 1. The van der Waals surface area contributed by atoms with Gasteiger partial charge in [-0.1, -0.05) is 19.9 Å². The van der Waals surface area contributed by atoms with Crippen molar-refractivity contribution >= 4 is 5.91 Å². The van der Waals surface area contributed by atoms with E-state index in [1.165, 1.54) is 29.1 Å². The van der Waals surface area contributed by atoms with Crippen LogP contribution in [0.15, 0.2) is 36.7 Å². The minimum atomic E-state index is -4.92. The van der Waals surface area contributed by atoms with Gasteiger partial charge in [-0.15, -0.1) is 0 Å². The third-order valence-electron chi connectivity index (χ3n) is 2.50. The van der Waals surface area contributed by atoms with Gasteiger partial charge in [-0.2, -0.15) is 18.3 Å². The Balaban J connectivity index is 0.00000116. The summed E-state index contributed by atoms with van der Waals surface area (Å²) in [6, 6.07) is 5.93. The van der Waals surface area contributed by atoms with Crippen LogP contribution in [0.3, 0.4) is 0 Å². The summed E-state index contributed by atoms with van der Waals surface area (Å²) in [6.07, 6.45) is -1.78. The van der Waals surface area contributed by atoms with Crippen LogP contribution in [-0.2, 0) is 11.3 Å². The van der Waals surface area contributed by atoms with E-state index in [1.54, 1.807) is 17.6 Å². The SMILES string of the molecule is CC.O=C(NCc1ccc(-n2cccn2)c(O)c1)C(F)(F)F. The van der Waals surface area contributed by atoms with Gasteiger partial charge in [0, 0.05) is 18.9 Å². The largest absolute Gasteiger partial charge is 0.506 e. The Bertz CT molecular complexity index is 610. The van der Waals surface area contributed by atoms with Crippen LogP contribution in [0.1, 0.15) is 19.4 Å². The second kappa shape index (κ2) is 7.48. The number of phenolic OH excluding ortho intramolecular Hbond substituents is 1. The van der Waals surface area contributed by atoms with Crippen molar-refractivity contribution in [1.82, 2.24) is 15.1 Å². The molecule has 0 radical (unpaired) electrons. The van der Waals surface area contributed by atoms with Crippen LogP contribution >= 0.6 is 0 Å². The molecule has 0 aliphatic heterocycles. The second-order valence-corrected chi connectivity index (χ2v) is 3.95. The van der Waals surface area contributed by atoms with Gasteiger partial charge in [0.25, 0.3) is 0 Å². The fourth-order valence-corrected chi connectivity index (χ4v) is 1.57. The van der Waals surface area contributed by atoms with E-state index < -0.39 is 12.1 Å². The molecule has 1 aromatic heterocycles. The summed E-state index contributed by atoms with van der Waals surface area (Å²) < 4.78 is 37.4. The van der Waals surface area contributed by atoms with Gasteiger partial charge < -0.3 is 10.4 Å². The average Bonchev–Trinajstić information content (AvgIpc) is 3.00. The smallest absolute Gasteiger partial charge is 0.471 e. The molecule has 8 heteroatoms. The van der Waals surface area contributed by atoms with Crippen LogP contribution in [0.5, 0.6) is 5.75 Å². The van der Waals surface area contributed by atoms with Crippen molar-refractivity contribution in [1.29, 1.82) is 0 Å². The first-order valence-electron chi connectivity index (χ1n) is 6.55. The van der Waals surface area contributed by atoms with Crippen molar-refractivity contribution < 1.29 is 23.1 Å². The Hall–Kier alpha value is -2.51. The summed E-state index contributed by atoms with van der Waals surface area (Å²) in [5.41, 5.74) is 0.733. The molecule has 0 fully saturated rings. The number of carbonyl (C=O) groups is 1. The zero-order chi connectivity index (χ0) is 16.8. The topological polar surface area (TPSA) is 67.2 Å². The van der Waals surface area contributed by atoms with Gasteiger partial charge in [-0.25, -0.2) is 4.68 Å². The first-order chi connectivity index (χ1) is 10.4. The highest BCUT2D eigenvalue weighted by molar-refractivity contribution is 5.81. The van der Waals surface area contributed by atoms with Gasteiger partial charge in [-0.05, 0) is 23.8 Å². The van der Waals surface area contributed by atoms with Crippen molar-refractivity contribution in [2.45, 2.75) is 26.6 Å². The number of aromatic hydroxyl groups is 1. The van der Waals surface area contributed by atoms with E-state index in [2.05, 4.69) is 5.10 Å². The monoisotopic (exact) mass is 315 g/mol. The maximum Gasteiger partial charge on any atom is 0.471 e. The zero-order valence-electron chi connectivity index (χ0n) is 12.1. The Kier molecular flexibility index (Phi) is 5.97. The Morgan fingerprint density at radius 3 is 2.55 bits per heavy atom. The van der Waals surface area contributed by atoms with Gasteiger partial charge in [0.1, 0.15) is 11.4 Å². The third-order valence-corrected chi connectivity index (χ3v) is 2.50. The lowest BCUT2D eigenvalue weighted by atomic mass is 10.2. The molecule has 1 aromatic carbocycles. The van der Waals surface area contributed by atoms with Crippen molar-refractivity contribution in [3.8, 4) is 11.4 Å². The van der Waals surface area contributed by atoms with E-state index in [9.17, 15) is 23.1 Å². The summed E-state index contributed by atoms with van der Waals surface area (Å²) in [4.78, 5) is 10.7. The first-order valence-corrected chi connectivity index (χ1v) is 6.55. The molecule has 2 rings (SSSR count). The highest BCUT2D eigenvalue weighted by Crippen LogP contribution is 2.22. The molecule has 2 aromatic rings. The summed E-state index contributed by atoms with van der Waals surface area (Å²) in [5.74, 6) is -2.17. The fraction of sp³-hybridized carbons (Fsp3) is 0.286. The Labute approximate surface area is 125 Å². The van der Waals surface area contributed by atoms with Crippen LogP contribution < -0.4 is 5.32 Å². The van der Waals surface area contributed by atoms with Crippen molar-refractivity contribution in [2.75, 3.05) is 0 Å². The second-order valence-electron chi connectivity index (χ2n) is 3.95. The van der Waals surface area contributed by atoms with Crippen LogP contribution in [0.4, 0.5) is 13.2 Å². The van der Waals surface area contributed by atoms with E-state index in [-0.39, 0.29) is 12.3 Å². The third kappa shape index (κ3) is 4.51. The molecular formula is C14H16F3N3O2. The van der Waals surface area contributed by atoms with Crippen LogP contribution in [0, 0.1) is 0 Å². The van der Waals surface area contributed by atoms with Gasteiger partial charge in [0.2, 0.25) is 0 Å². The van der Waals surface area contributed by atoms with Crippen molar-refractivity contribution in [3.63, 3.8) is 0 Å². The molecule has 0 saturated carbocycles. The molecule has 0 unspecified atom stereocenters. The molecule has 0 aliphatic carbocycles. The predicted molar refractivity (Wildman–Crippen MR) is 74.5 cm³/mol. The lowest BCUT2D eigenvalue weighted by molar-refractivity contribution is -0.173. The number of benzene rings is 1. The highest BCUT2D eigenvalue weighted by Gasteiger charge is 2.38. The number of alkyl halides is 3. The van der Waals surface area contributed by atoms with E-state index in [0.717, 1.165) is 0 Å². The van der Waals surface area contributed by atoms with Gasteiger partial charge in [0.15, 0.2) is 0 Å². The number of phenols is 1. The number of hydrogen-bond donors (Lipinski definition) is 2. The number of nitrogens with zero attached hydrogens (tertiary/aromatic N) is 2. The van der Waals surface area contributed by atoms with Crippen molar-refractivity contribution in [2.24, 2.45) is 0 Å². The summed E-state index contributed by atoms with van der Waals surface area (Å²) in [5, 5.41) is 15.4. The molecule has 0 saturated heterocycles. The molecule has 1 heterocycles. The lowest BCUT2D eigenvalue weighted by Gasteiger charge is -2.10. The number of halogens is 3. The quantitative estimate of drug-likeness (QED) is 0.915. The lowest BCUT2D eigenvalue weighted by Crippen LogP contribution is -2.36. The minimum absolute atomic E-state index is 0.146. The van der Waals surface area contributed by atoms with Crippen LogP contribution in [-0.4, -0.2) is 27.0 Å². The van der Waals surface area contributed by atoms with Crippen molar-refractivity contribution in [3.05, 3.63) is 42.2 Å². The summed E-state index contributed by atoms with van der Waals surface area (Å²) >= 11 is 0. The highest BCUT2D eigenvalue weighted by atomic mass is 19.4. The Morgan fingerprint density at radius 2 is 2.05 bits per heavy atom. The first kappa shape index (κ1) is 17.5. The average molecular weight is 315 g/mol. The number of rotatable bonds is 3. The van der Waals surface area contributed by atoms with E-state index in [0.29, 0.717) is 11.3 Å². The van der Waals surface area contributed by atoms with Crippen LogP contribution in [0.2, 0.25) is 0 Å². The standard InChI is InChI=1S/C12H10F3N3O2.C2H6/c13-12(14,15)11(20)16-7-8-2-3-9(10(19)6-8)18-5-1-4-17-18;1-2/h1-6,19H,7H2,(H,16,20);1-2H3. The van der Waals surface area contributed by atoms with E-state index in [1.807, 2.05) is 13.8 Å².